The molecule has 1 N–H and O–H groups in total. The number of carbonyl (C=O) groups is 1. The molecule has 0 radical (unpaired) electrons. The molecule has 1 heterocycles. The average Bonchev–Trinajstić information content (AvgIpc) is 2.55. The van der Waals surface area contributed by atoms with Crippen LogP contribution in [0.4, 0.5) is 4.79 Å². The van der Waals surface area contributed by atoms with Gasteiger partial charge in [-0.3, -0.25) is 0 Å². The summed E-state index contributed by atoms with van der Waals surface area (Å²) in [6, 6.07) is 14.8. The van der Waals surface area contributed by atoms with Crippen molar-refractivity contribution >= 4 is 6.09 Å². The molecule has 0 saturated heterocycles. The van der Waals surface area contributed by atoms with Gasteiger partial charge in [-0.2, -0.15) is 0 Å². The fourth-order valence-corrected chi connectivity index (χ4v) is 2.18. The van der Waals surface area contributed by atoms with Gasteiger partial charge < -0.3 is 19.5 Å². The molecule has 1 aliphatic heterocycles. The predicted octanol–water partition coefficient (Wildman–Crippen LogP) is 2.79. The minimum absolute atomic E-state index is 0.455. The molecule has 1 amide bonds. The summed E-state index contributed by atoms with van der Waals surface area (Å²) < 4.78 is 16.2. The highest BCUT2D eigenvalue weighted by Gasteiger charge is 2.11. The number of rotatable bonds is 4. The molecule has 0 saturated carbocycles. The maximum Gasteiger partial charge on any atom is 0.412 e. The first-order valence-corrected chi connectivity index (χ1v) is 7.20. The highest BCUT2D eigenvalue weighted by atomic mass is 16.6. The van der Waals surface area contributed by atoms with Crippen LogP contribution in [0.1, 0.15) is 5.56 Å². The average molecular weight is 299 g/mol. The Balaban J connectivity index is 1.47. The zero-order valence-corrected chi connectivity index (χ0v) is 12.1. The Morgan fingerprint density at radius 2 is 1.82 bits per heavy atom. The van der Waals surface area contributed by atoms with E-state index in [0.717, 1.165) is 17.1 Å². The summed E-state index contributed by atoms with van der Waals surface area (Å²) in [5.41, 5.74) is 1.07. The fraction of sp³-hybridized carbons (Fsp3) is 0.235. The molecular formula is C17H17NO4. The molecule has 22 heavy (non-hydrogen) atoms. The van der Waals surface area contributed by atoms with E-state index in [1.165, 1.54) is 0 Å². The van der Waals surface area contributed by atoms with Crippen molar-refractivity contribution in [3.05, 3.63) is 54.1 Å². The van der Waals surface area contributed by atoms with Gasteiger partial charge in [0.25, 0.3) is 0 Å². The van der Waals surface area contributed by atoms with Crippen LogP contribution < -0.4 is 19.5 Å². The van der Waals surface area contributed by atoms with E-state index in [1.54, 1.807) is 12.1 Å². The zero-order valence-electron chi connectivity index (χ0n) is 12.1. The van der Waals surface area contributed by atoms with Crippen molar-refractivity contribution in [3.63, 3.8) is 0 Å². The molecule has 0 atom stereocenters. The van der Waals surface area contributed by atoms with Crippen molar-refractivity contribution in [1.29, 1.82) is 0 Å². The first-order valence-electron chi connectivity index (χ1n) is 7.20. The van der Waals surface area contributed by atoms with Gasteiger partial charge in [0.2, 0.25) is 0 Å². The lowest BCUT2D eigenvalue weighted by Crippen LogP contribution is -2.28. The first kappa shape index (κ1) is 14.3. The second-order valence-corrected chi connectivity index (χ2v) is 4.86. The van der Waals surface area contributed by atoms with Gasteiger partial charge in [-0.25, -0.2) is 4.79 Å². The van der Waals surface area contributed by atoms with E-state index in [2.05, 4.69) is 5.32 Å². The number of ether oxygens (including phenoxy) is 3. The molecule has 1 aliphatic rings. The van der Waals surface area contributed by atoms with Gasteiger partial charge in [0.05, 0.1) is 0 Å². The van der Waals surface area contributed by atoms with Crippen molar-refractivity contribution < 1.29 is 19.0 Å². The lowest BCUT2D eigenvalue weighted by molar-refractivity contribution is 0.171. The van der Waals surface area contributed by atoms with Crippen molar-refractivity contribution in [1.82, 2.24) is 5.32 Å². The highest BCUT2D eigenvalue weighted by Crippen LogP contribution is 2.30. The van der Waals surface area contributed by atoms with E-state index < -0.39 is 6.09 Å². The van der Waals surface area contributed by atoms with E-state index >= 15 is 0 Å². The molecule has 2 aromatic rings. The second kappa shape index (κ2) is 6.85. The van der Waals surface area contributed by atoms with E-state index in [4.69, 9.17) is 14.2 Å². The van der Waals surface area contributed by atoms with Crippen LogP contribution >= 0.6 is 0 Å². The fourth-order valence-electron chi connectivity index (χ4n) is 2.18. The molecule has 5 nitrogen and oxygen atoms in total. The molecular weight excluding hydrogens is 282 g/mol. The van der Waals surface area contributed by atoms with Crippen LogP contribution in [0.25, 0.3) is 0 Å². The predicted molar refractivity (Wildman–Crippen MR) is 81.6 cm³/mol. The molecule has 0 unspecified atom stereocenters. The lowest BCUT2D eigenvalue weighted by atomic mass is 10.1. The monoisotopic (exact) mass is 299 g/mol. The van der Waals surface area contributed by atoms with Gasteiger partial charge in [0.1, 0.15) is 19.0 Å². The van der Waals surface area contributed by atoms with Crippen molar-refractivity contribution in [3.8, 4) is 17.2 Å². The normalized spacial score (nSPS) is 12.5. The summed E-state index contributed by atoms with van der Waals surface area (Å²) in [4.78, 5) is 11.7. The number of hydrogen-bond acceptors (Lipinski definition) is 4. The third-order valence-electron chi connectivity index (χ3n) is 3.24. The molecule has 2 aromatic carbocycles. The maximum absolute atomic E-state index is 11.7. The van der Waals surface area contributed by atoms with Crippen LogP contribution in [-0.2, 0) is 6.42 Å². The standard InChI is InChI=1S/C17H17NO4/c19-17(22-14-4-2-1-3-5-14)18-9-8-13-6-7-15-16(12-13)21-11-10-20-15/h1-7,12H,8-11H2,(H,18,19). The van der Waals surface area contributed by atoms with Crippen LogP contribution in [0.3, 0.4) is 0 Å². The lowest BCUT2D eigenvalue weighted by Gasteiger charge is -2.18. The van der Waals surface area contributed by atoms with Crippen LogP contribution in [0.5, 0.6) is 17.2 Å². The Morgan fingerprint density at radius 1 is 1.05 bits per heavy atom. The van der Waals surface area contributed by atoms with Crippen molar-refractivity contribution in [2.75, 3.05) is 19.8 Å². The smallest absolute Gasteiger partial charge is 0.412 e. The Hall–Kier alpha value is -2.69. The summed E-state index contributed by atoms with van der Waals surface area (Å²) in [5.74, 6) is 2.06. The highest BCUT2D eigenvalue weighted by molar-refractivity contribution is 5.70. The summed E-state index contributed by atoms with van der Waals surface area (Å²) in [6.07, 6.45) is 0.240. The van der Waals surface area contributed by atoms with Crippen LogP contribution in [-0.4, -0.2) is 25.9 Å². The molecule has 0 spiro atoms. The van der Waals surface area contributed by atoms with Gasteiger partial charge in [-0.15, -0.1) is 0 Å². The molecule has 0 aliphatic carbocycles. The van der Waals surface area contributed by atoms with E-state index in [1.807, 2.05) is 36.4 Å². The van der Waals surface area contributed by atoms with Gasteiger partial charge in [-0.1, -0.05) is 24.3 Å². The van der Waals surface area contributed by atoms with Gasteiger partial charge in [0, 0.05) is 6.54 Å². The number of fused-ring (bicyclic) bond motifs is 1. The molecule has 3 rings (SSSR count). The molecule has 0 bridgehead atoms. The Labute approximate surface area is 128 Å². The summed E-state index contributed by atoms with van der Waals surface area (Å²) >= 11 is 0. The largest absolute Gasteiger partial charge is 0.486 e. The third kappa shape index (κ3) is 3.69. The first-order chi connectivity index (χ1) is 10.8. The second-order valence-electron chi connectivity index (χ2n) is 4.86. The third-order valence-corrected chi connectivity index (χ3v) is 3.24. The van der Waals surface area contributed by atoms with Gasteiger partial charge in [-0.05, 0) is 36.2 Å². The van der Waals surface area contributed by atoms with Gasteiger partial charge in [0.15, 0.2) is 11.5 Å². The minimum Gasteiger partial charge on any atom is -0.486 e. The van der Waals surface area contributed by atoms with E-state index in [9.17, 15) is 4.79 Å². The summed E-state index contributed by atoms with van der Waals surface area (Å²) in [7, 11) is 0. The molecule has 5 heteroatoms. The number of carbonyl (C=O) groups excluding carboxylic acids is 1. The number of hydrogen-bond donors (Lipinski definition) is 1. The maximum atomic E-state index is 11.7. The summed E-state index contributed by atoms with van der Waals surface area (Å²) in [5, 5.41) is 2.73. The van der Waals surface area contributed by atoms with Crippen LogP contribution in [0.15, 0.2) is 48.5 Å². The van der Waals surface area contributed by atoms with E-state index in [-0.39, 0.29) is 0 Å². The summed E-state index contributed by atoms with van der Waals surface area (Å²) in [6.45, 7) is 1.64. The molecule has 0 aromatic heterocycles. The van der Waals surface area contributed by atoms with Crippen molar-refractivity contribution in [2.45, 2.75) is 6.42 Å². The topological polar surface area (TPSA) is 56.8 Å². The number of nitrogens with one attached hydrogen (secondary N) is 1. The molecule has 0 fully saturated rings. The number of benzene rings is 2. The number of amides is 1. The Kier molecular flexibility index (Phi) is 4.44. The SMILES string of the molecule is O=C(NCCc1ccc2c(c1)OCCO2)Oc1ccccc1. The Bertz CT molecular complexity index is 642. The van der Waals surface area contributed by atoms with E-state index in [0.29, 0.717) is 31.9 Å². The minimum atomic E-state index is -0.455. The quantitative estimate of drug-likeness (QED) is 0.943. The van der Waals surface area contributed by atoms with Crippen LogP contribution in [0, 0.1) is 0 Å². The zero-order chi connectivity index (χ0) is 15.2. The number of para-hydroxylation sites is 1. The van der Waals surface area contributed by atoms with Gasteiger partial charge >= 0.3 is 6.09 Å². The Morgan fingerprint density at radius 3 is 2.64 bits per heavy atom. The van der Waals surface area contributed by atoms with Crippen LogP contribution in [0.2, 0.25) is 0 Å². The van der Waals surface area contributed by atoms with Crippen molar-refractivity contribution in [2.24, 2.45) is 0 Å². The molecule has 114 valence electrons.